The average molecular weight is 268 g/mol. The van der Waals surface area contributed by atoms with Gasteiger partial charge in [-0.1, -0.05) is 38.5 Å². The van der Waals surface area contributed by atoms with E-state index in [1.54, 1.807) is 17.3 Å². The predicted molar refractivity (Wildman–Crippen MR) is 81.9 cm³/mol. The van der Waals surface area contributed by atoms with E-state index >= 15 is 0 Å². The molecule has 3 heteroatoms. The summed E-state index contributed by atoms with van der Waals surface area (Å²) in [6.45, 7) is 4.09. The van der Waals surface area contributed by atoms with Crippen molar-refractivity contribution in [2.45, 2.75) is 26.7 Å². The van der Waals surface area contributed by atoms with Gasteiger partial charge < -0.3 is 0 Å². The molecule has 0 N–H and O–H groups in total. The van der Waals surface area contributed by atoms with Crippen molar-refractivity contribution in [1.29, 1.82) is 0 Å². The Kier molecular flexibility index (Phi) is 4.88. The van der Waals surface area contributed by atoms with Gasteiger partial charge in [-0.05, 0) is 30.7 Å². The summed E-state index contributed by atoms with van der Waals surface area (Å²) in [4.78, 5) is 18.5. The summed E-state index contributed by atoms with van der Waals surface area (Å²) in [5.74, 6) is 0.137. The van der Waals surface area contributed by atoms with Gasteiger partial charge in [0.05, 0.1) is 5.69 Å². The van der Waals surface area contributed by atoms with Crippen molar-refractivity contribution in [2.24, 2.45) is 5.92 Å². The summed E-state index contributed by atoms with van der Waals surface area (Å²) in [5.41, 5.74) is 1.76. The monoisotopic (exact) mass is 268 g/mol. The zero-order chi connectivity index (χ0) is 14.4. The highest BCUT2D eigenvalue weighted by molar-refractivity contribution is 6.01. The molecule has 1 unspecified atom stereocenters. The summed E-state index contributed by atoms with van der Waals surface area (Å²) in [5, 5.41) is 0. The van der Waals surface area contributed by atoms with Gasteiger partial charge in [0.25, 0.3) is 0 Å². The third-order valence-electron chi connectivity index (χ3n) is 3.30. The summed E-state index contributed by atoms with van der Waals surface area (Å²) in [6, 6.07) is 13.5. The van der Waals surface area contributed by atoms with Crippen LogP contribution in [0.15, 0.2) is 54.9 Å². The molecule has 1 atom stereocenters. The number of rotatable bonds is 5. The van der Waals surface area contributed by atoms with Crippen molar-refractivity contribution in [3.8, 4) is 0 Å². The van der Waals surface area contributed by atoms with Gasteiger partial charge >= 0.3 is 0 Å². The molecule has 0 fully saturated rings. The minimum Gasteiger partial charge on any atom is -0.281 e. The molecule has 0 bridgehead atoms. The lowest BCUT2D eigenvalue weighted by Gasteiger charge is -2.25. The number of para-hydroxylation sites is 1. The molecule has 0 aliphatic carbocycles. The topological polar surface area (TPSA) is 33.2 Å². The van der Waals surface area contributed by atoms with Gasteiger partial charge in [0, 0.05) is 24.0 Å². The van der Waals surface area contributed by atoms with Crippen LogP contribution in [0.5, 0.6) is 0 Å². The predicted octanol–water partition coefficient (Wildman–Crippen LogP) is 4.18. The van der Waals surface area contributed by atoms with Crippen molar-refractivity contribution in [2.75, 3.05) is 4.90 Å². The summed E-state index contributed by atoms with van der Waals surface area (Å²) >= 11 is 0. The Bertz CT molecular complexity index is 500. The molecule has 2 aromatic rings. The number of anilines is 2. The normalized spacial score (nSPS) is 11.9. The smallest absolute Gasteiger partial charge is 0.234 e. The molecule has 0 saturated heterocycles. The van der Waals surface area contributed by atoms with Crippen molar-refractivity contribution in [1.82, 2.24) is 4.98 Å². The van der Waals surface area contributed by atoms with Gasteiger partial charge in [0.2, 0.25) is 5.91 Å². The second-order valence-corrected chi connectivity index (χ2v) is 4.90. The minimum atomic E-state index is 0.00775. The zero-order valence-electron chi connectivity index (χ0n) is 12.0. The van der Waals surface area contributed by atoms with Crippen LogP contribution >= 0.6 is 0 Å². The Morgan fingerprint density at radius 1 is 1.10 bits per heavy atom. The maximum absolute atomic E-state index is 12.7. The number of pyridine rings is 1. The van der Waals surface area contributed by atoms with Gasteiger partial charge in [-0.25, -0.2) is 0 Å². The maximum Gasteiger partial charge on any atom is 0.234 e. The third kappa shape index (κ3) is 3.23. The van der Waals surface area contributed by atoms with Crippen molar-refractivity contribution >= 4 is 17.3 Å². The van der Waals surface area contributed by atoms with E-state index in [0.717, 1.165) is 24.2 Å². The van der Waals surface area contributed by atoms with E-state index in [0.29, 0.717) is 0 Å². The highest BCUT2D eigenvalue weighted by Gasteiger charge is 2.22. The van der Waals surface area contributed by atoms with E-state index < -0.39 is 0 Å². The molecule has 0 spiro atoms. The van der Waals surface area contributed by atoms with E-state index in [2.05, 4.69) is 11.9 Å². The number of hydrogen-bond acceptors (Lipinski definition) is 2. The Labute approximate surface area is 120 Å². The fourth-order valence-corrected chi connectivity index (χ4v) is 2.25. The zero-order valence-corrected chi connectivity index (χ0v) is 12.0. The maximum atomic E-state index is 12.7. The molecule has 1 aromatic heterocycles. The number of benzene rings is 1. The van der Waals surface area contributed by atoms with E-state index in [1.165, 1.54) is 0 Å². The van der Waals surface area contributed by atoms with Crippen LogP contribution in [0.1, 0.15) is 26.7 Å². The Balaban J connectivity index is 2.38. The van der Waals surface area contributed by atoms with Gasteiger partial charge in [0.1, 0.15) is 0 Å². The molecule has 20 heavy (non-hydrogen) atoms. The van der Waals surface area contributed by atoms with Crippen LogP contribution in [0.4, 0.5) is 11.4 Å². The molecule has 1 heterocycles. The lowest BCUT2D eigenvalue weighted by molar-refractivity contribution is -0.121. The van der Waals surface area contributed by atoms with Crippen molar-refractivity contribution in [3.63, 3.8) is 0 Å². The van der Waals surface area contributed by atoms with Gasteiger partial charge in [0.15, 0.2) is 0 Å². The molecule has 2 rings (SSSR count). The fourth-order valence-electron chi connectivity index (χ4n) is 2.25. The molecule has 104 valence electrons. The van der Waals surface area contributed by atoms with Gasteiger partial charge in [-0.2, -0.15) is 0 Å². The third-order valence-corrected chi connectivity index (χ3v) is 3.30. The Hall–Kier alpha value is -2.16. The van der Waals surface area contributed by atoms with E-state index in [-0.39, 0.29) is 11.8 Å². The van der Waals surface area contributed by atoms with E-state index in [1.807, 2.05) is 49.4 Å². The molecule has 1 amide bonds. The van der Waals surface area contributed by atoms with Crippen LogP contribution in [0.3, 0.4) is 0 Å². The Morgan fingerprint density at radius 2 is 1.70 bits per heavy atom. The number of nitrogens with zero attached hydrogens (tertiary/aromatic N) is 2. The highest BCUT2D eigenvalue weighted by Crippen LogP contribution is 2.27. The molecule has 3 nitrogen and oxygen atoms in total. The quantitative estimate of drug-likeness (QED) is 0.815. The number of aromatic nitrogens is 1. The van der Waals surface area contributed by atoms with E-state index in [4.69, 9.17) is 0 Å². The van der Waals surface area contributed by atoms with Crippen LogP contribution in [0, 0.1) is 5.92 Å². The number of hydrogen-bond donors (Lipinski definition) is 0. The first-order valence-corrected chi connectivity index (χ1v) is 7.03. The summed E-state index contributed by atoms with van der Waals surface area (Å²) < 4.78 is 0. The van der Waals surface area contributed by atoms with Crippen LogP contribution in [-0.2, 0) is 4.79 Å². The first kappa shape index (κ1) is 14.3. The van der Waals surface area contributed by atoms with Crippen LogP contribution in [0.2, 0.25) is 0 Å². The summed E-state index contributed by atoms with van der Waals surface area (Å²) in [7, 11) is 0. The number of carbonyl (C=O) groups is 1. The average Bonchev–Trinajstić information content (AvgIpc) is 2.50. The molecular formula is C17H20N2O. The first-order valence-electron chi connectivity index (χ1n) is 7.03. The number of amides is 1. The first-order chi connectivity index (χ1) is 9.74. The van der Waals surface area contributed by atoms with Gasteiger partial charge in [-0.15, -0.1) is 0 Å². The van der Waals surface area contributed by atoms with Gasteiger partial charge in [-0.3, -0.25) is 14.7 Å². The number of carbonyl (C=O) groups excluding carboxylic acids is 1. The van der Waals surface area contributed by atoms with Crippen LogP contribution in [-0.4, -0.2) is 10.9 Å². The molecule has 1 aromatic carbocycles. The molecule has 0 saturated carbocycles. The van der Waals surface area contributed by atoms with E-state index in [9.17, 15) is 4.79 Å². The molecule has 0 aliphatic heterocycles. The second-order valence-electron chi connectivity index (χ2n) is 4.90. The largest absolute Gasteiger partial charge is 0.281 e. The standard InChI is InChI=1S/C17H20N2O/c1-3-7-14(2)17(20)19(15-8-5-4-6-9-15)16-10-12-18-13-11-16/h4-6,8-14H,3,7H2,1-2H3. The van der Waals surface area contributed by atoms with Crippen molar-refractivity contribution < 1.29 is 4.79 Å². The Morgan fingerprint density at radius 3 is 2.30 bits per heavy atom. The van der Waals surface area contributed by atoms with Crippen LogP contribution in [0.25, 0.3) is 0 Å². The molecule has 0 aliphatic rings. The lowest BCUT2D eigenvalue weighted by atomic mass is 10.0. The minimum absolute atomic E-state index is 0.00775. The highest BCUT2D eigenvalue weighted by atomic mass is 16.2. The lowest BCUT2D eigenvalue weighted by Crippen LogP contribution is -2.31. The second kappa shape index (κ2) is 6.85. The fraction of sp³-hybridized carbons (Fsp3) is 0.294. The summed E-state index contributed by atoms with van der Waals surface area (Å²) in [6.07, 6.45) is 5.32. The molecular weight excluding hydrogens is 248 g/mol. The van der Waals surface area contributed by atoms with Crippen molar-refractivity contribution in [3.05, 3.63) is 54.9 Å². The van der Waals surface area contributed by atoms with Crippen LogP contribution < -0.4 is 4.90 Å². The SMILES string of the molecule is CCCC(C)C(=O)N(c1ccccc1)c1ccncc1. The molecule has 0 radical (unpaired) electrons.